The second-order valence-corrected chi connectivity index (χ2v) is 8.89. The largest absolute Gasteiger partial charge is 0.340 e. The first-order valence-corrected chi connectivity index (χ1v) is 10.3. The van der Waals surface area contributed by atoms with E-state index in [2.05, 4.69) is 12.2 Å². The summed E-state index contributed by atoms with van der Waals surface area (Å²) in [6.07, 6.45) is 6.86. The maximum atomic E-state index is 13.0. The highest BCUT2D eigenvalue weighted by molar-refractivity contribution is 7.89. The second-order valence-electron chi connectivity index (χ2n) is 6.98. The molecule has 25 heavy (non-hydrogen) atoms. The van der Waals surface area contributed by atoms with Crippen molar-refractivity contribution in [2.45, 2.75) is 38.0 Å². The second kappa shape index (κ2) is 7.30. The Hall–Kier alpha value is -1.66. The van der Waals surface area contributed by atoms with Crippen LogP contribution in [0.1, 0.15) is 30.4 Å². The van der Waals surface area contributed by atoms with Gasteiger partial charge in [-0.2, -0.15) is 4.31 Å². The minimum absolute atomic E-state index is 0.0622. The Bertz CT molecular complexity index is 778. The third-order valence-corrected chi connectivity index (χ3v) is 7.17. The van der Waals surface area contributed by atoms with Crippen LogP contribution in [0.25, 0.3) is 0 Å². The predicted molar refractivity (Wildman–Crippen MR) is 97.7 cm³/mol. The van der Waals surface area contributed by atoms with E-state index in [9.17, 15) is 13.2 Å². The van der Waals surface area contributed by atoms with Crippen molar-refractivity contribution in [3.05, 3.63) is 41.5 Å². The number of piperazine rings is 1. The highest BCUT2D eigenvalue weighted by atomic mass is 32.2. The smallest absolute Gasteiger partial charge is 0.243 e. The first-order chi connectivity index (χ1) is 11.9. The van der Waals surface area contributed by atoms with Crippen molar-refractivity contribution >= 4 is 15.9 Å². The zero-order valence-electron chi connectivity index (χ0n) is 14.9. The average Bonchev–Trinajstić information content (AvgIpc) is 2.64. The summed E-state index contributed by atoms with van der Waals surface area (Å²) in [5.74, 6) is 0.236. The van der Waals surface area contributed by atoms with Gasteiger partial charge in [-0.25, -0.2) is 8.42 Å². The molecule has 3 rings (SSSR count). The molecule has 1 aliphatic heterocycles. The number of benzene rings is 1. The van der Waals surface area contributed by atoms with Crippen LogP contribution in [0.3, 0.4) is 0 Å². The number of allylic oxidation sites excluding steroid dienone is 2. The molecule has 1 heterocycles. The van der Waals surface area contributed by atoms with Crippen LogP contribution in [0, 0.1) is 19.8 Å². The van der Waals surface area contributed by atoms with Gasteiger partial charge in [0.05, 0.1) is 4.90 Å². The van der Waals surface area contributed by atoms with E-state index in [4.69, 9.17) is 0 Å². The topological polar surface area (TPSA) is 57.7 Å². The molecule has 1 aromatic rings. The molecule has 1 saturated heterocycles. The molecule has 1 atom stereocenters. The minimum Gasteiger partial charge on any atom is -0.340 e. The van der Waals surface area contributed by atoms with Crippen LogP contribution in [0.4, 0.5) is 0 Å². The van der Waals surface area contributed by atoms with Crippen molar-refractivity contribution in [1.82, 2.24) is 9.21 Å². The molecule has 1 aromatic carbocycles. The van der Waals surface area contributed by atoms with Gasteiger partial charge in [-0.3, -0.25) is 4.79 Å². The van der Waals surface area contributed by atoms with Crippen molar-refractivity contribution in [3.63, 3.8) is 0 Å². The SMILES string of the molecule is Cc1ccc(C)c(S(=O)(=O)N2CCN(C(=O)C3CC=CCC3)CC2)c1. The molecule has 136 valence electrons. The molecule has 0 N–H and O–H groups in total. The minimum atomic E-state index is -3.51. The number of carbonyl (C=O) groups excluding carboxylic acids is 1. The van der Waals surface area contributed by atoms with Crippen molar-refractivity contribution in [2.75, 3.05) is 26.2 Å². The van der Waals surface area contributed by atoms with E-state index in [-0.39, 0.29) is 11.8 Å². The number of sulfonamides is 1. The molecule has 1 unspecified atom stereocenters. The van der Waals surface area contributed by atoms with E-state index in [1.165, 1.54) is 4.31 Å². The Kier molecular flexibility index (Phi) is 5.29. The standard InChI is InChI=1S/C19H26N2O3S/c1-15-8-9-16(2)18(14-15)25(23,24)21-12-10-20(11-13-21)19(22)17-6-4-3-5-7-17/h3-4,8-9,14,17H,5-7,10-13H2,1-2H3. The summed E-state index contributed by atoms with van der Waals surface area (Å²) in [4.78, 5) is 14.8. The van der Waals surface area contributed by atoms with Gasteiger partial charge in [-0.15, -0.1) is 0 Å². The fourth-order valence-corrected chi connectivity index (χ4v) is 5.28. The van der Waals surface area contributed by atoms with E-state index in [0.29, 0.717) is 31.1 Å². The lowest BCUT2D eigenvalue weighted by molar-refractivity contribution is -0.137. The highest BCUT2D eigenvalue weighted by Crippen LogP contribution is 2.24. The molecular formula is C19H26N2O3S. The third kappa shape index (κ3) is 3.80. The van der Waals surface area contributed by atoms with Crippen molar-refractivity contribution in [2.24, 2.45) is 5.92 Å². The number of rotatable bonds is 3. The number of aryl methyl sites for hydroxylation is 2. The monoisotopic (exact) mass is 362 g/mol. The lowest BCUT2D eigenvalue weighted by Gasteiger charge is -2.36. The van der Waals surface area contributed by atoms with Gasteiger partial charge < -0.3 is 4.90 Å². The molecule has 1 fully saturated rings. The van der Waals surface area contributed by atoms with Crippen LogP contribution in [0.5, 0.6) is 0 Å². The summed E-state index contributed by atoms with van der Waals surface area (Å²) in [7, 11) is -3.51. The van der Waals surface area contributed by atoms with Crippen molar-refractivity contribution < 1.29 is 13.2 Å². The van der Waals surface area contributed by atoms with Gasteiger partial charge in [0.15, 0.2) is 0 Å². The zero-order valence-corrected chi connectivity index (χ0v) is 15.8. The van der Waals surface area contributed by atoms with Crippen molar-refractivity contribution in [1.29, 1.82) is 0 Å². The predicted octanol–water partition coefficient (Wildman–Crippen LogP) is 2.49. The Morgan fingerprint density at radius 3 is 2.44 bits per heavy atom. The van der Waals surface area contributed by atoms with Crippen molar-refractivity contribution in [3.8, 4) is 0 Å². The van der Waals surface area contributed by atoms with Gasteiger partial charge in [0.2, 0.25) is 15.9 Å². The normalized spacial score (nSPS) is 22.2. The van der Waals surface area contributed by atoms with Gasteiger partial charge in [0.1, 0.15) is 0 Å². The lowest BCUT2D eigenvalue weighted by Crippen LogP contribution is -2.52. The molecule has 0 bridgehead atoms. The van der Waals surface area contributed by atoms with Crippen LogP contribution in [0.2, 0.25) is 0 Å². The maximum Gasteiger partial charge on any atom is 0.243 e. The van der Waals surface area contributed by atoms with Crippen LogP contribution in [0.15, 0.2) is 35.2 Å². The van der Waals surface area contributed by atoms with Crippen LogP contribution >= 0.6 is 0 Å². The molecule has 2 aliphatic rings. The summed E-state index contributed by atoms with van der Waals surface area (Å²) in [5.41, 5.74) is 1.70. The molecule has 6 heteroatoms. The van der Waals surface area contributed by atoms with Gasteiger partial charge in [-0.05, 0) is 50.3 Å². The Morgan fingerprint density at radius 2 is 1.80 bits per heavy atom. The number of hydrogen-bond donors (Lipinski definition) is 0. The molecule has 1 aliphatic carbocycles. The fraction of sp³-hybridized carbons (Fsp3) is 0.526. The van der Waals surface area contributed by atoms with Crippen LogP contribution < -0.4 is 0 Å². The third-order valence-electron chi connectivity index (χ3n) is 5.13. The number of hydrogen-bond acceptors (Lipinski definition) is 3. The highest BCUT2D eigenvalue weighted by Gasteiger charge is 2.33. The molecular weight excluding hydrogens is 336 g/mol. The summed E-state index contributed by atoms with van der Waals surface area (Å²) >= 11 is 0. The Morgan fingerprint density at radius 1 is 1.08 bits per heavy atom. The van der Waals surface area contributed by atoms with E-state index in [1.807, 2.05) is 30.9 Å². The summed E-state index contributed by atoms with van der Waals surface area (Å²) in [6, 6.07) is 5.50. The number of amides is 1. The molecule has 0 aromatic heterocycles. The summed E-state index contributed by atoms with van der Waals surface area (Å²) in [5, 5.41) is 0. The molecule has 0 spiro atoms. The Balaban J connectivity index is 1.68. The van der Waals surface area contributed by atoms with Gasteiger partial charge in [0, 0.05) is 32.1 Å². The summed E-state index contributed by atoms with van der Waals surface area (Å²) < 4.78 is 27.4. The number of nitrogens with zero attached hydrogens (tertiary/aromatic N) is 2. The first-order valence-electron chi connectivity index (χ1n) is 8.91. The van der Waals surface area contributed by atoms with E-state index in [1.54, 1.807) is 6.07 Å². The Labute approximate surface area is 150 Å². The average molecular weight is 362 g/mol. The molecule has 5 nitrogen and oxygen atoms in total. The van der Waals surface area contributed by atoms with E-state index in [0.717, 1.165) is 30.4 Å². The number of carbonyl (C=O) groups is 1. The quantitative estimate of drug-likeness (QED) is 0.776. The van der Waals surface area contributed by atoms with Crippen LogP contribution in [-0.4, -0.2) is 49.7 Å². The summed E-state index contributed by atoms with van der Waals surface area (Å²) in [6.45, 7) is 5.40. The fourth-order valence-electron chi connectivity index (χ4n) is 3.55. The van der Waals surface area contributed by atoms with Crippen LogP contribution in [-0.2, 0) is 14.8 Å². The molecule has 1 amide bonds. The van der Waals surface area contributed by atoms with Gasteiger partial charge >= 0.3 is 0 Å². The lowest BCUT2D eigenvalue weighted by atomic mass is 9.93. The first kappa shape index (κ1) is 18.1. The van der Waals surface area contributed by atoms with E-state index < -0.39 is 10.0 Å². The van der Waals surface area contributed by atoms with Gasteiger partial charge in [-0.1, -0.05) is 24.3 Å². The maximum absolute atomic E-state index is 13.0. The molecule has 0 radical (unpaired) electrons. The van der Waals surface area contributed by atoms with E-state index >= 15 is 0 Å². The zero-order chi connectivity index (χ0) is 18.0. The van der Waals surface area contributed by atoms with Gasteiger partial charge in [0.25, 0.3) is 0 Å². The molecule has 0 saturated carbocycles.